The maximum absolute atomic E-state index is 11.6. The van der Waals surface area contributed by atoms with E-state index >= 15 is 0 Å². The third kappa shape index (κ3) is 6.95. The van der Waals surface area contributed by atoms with Gasteiger partial charge < -0.3 is 19.5 Å². The van der Waals surface area contributed by atoms with Crippen LogP contribution in [0.15, 0.2) is 54.6 Å². The van der Waals surface area contributed by atoms with Crippen molar-refractivity contribution < 1.29 is 23.8 Å². The molecule has 1 N–H and O–H groups in total. The first kappa shape index (κ1) is 18.3. The summed E-state index contributed by atoms with van der Waals surface area (Å²) >= 11 is 0. The largest absolute Gasteiger partial charge is 0.492 e. The van der Waals surface area contributed by atoms with Crippen LogP contribution in [-0.4, -0.2) is 32.3 Å². The first-order valence-corrected chi connectivity index (χ1v) is 7.90. The van der Waals surface area contributed by atoms with Crippen molar-refractivity contribution in [2.45, 2.75) is 13.0 Å². The summed E-state index contributed by atoms with van der Waals surface area (Å²) in [6.07, 6.45) is -0.258. The minimum atomic E-state index is -0.485. The summed E-state index contributed by atoms with van der Waals surface area (Å²) in [5, 5.41) is 2.62. The lowest BCUT2D eigenvalue weighted by molar-refractivity contribution is -0.139. The first-order valence-electron chi connectivity index (χ1n) is 7.90. The van der Waals surface area contributed by atoms with E-state index in [2.05, 4.69) is 10.1 Å². The van der Waals surface area contributed by atoms with Gasteiger partial charge in [-0.05, 0) is 23.3 Å². The molecule has 0 aliphatic heterocycles. The fraction of sp³-hybridized carbons (Fsp3) is 0.263. The number of methoxy groups -OCH3 is 1. The number of carbonyl (C=O) groups is 2. The van der Waals surface area contributed by atoms with Crippen molar-refractivity contribution >= 4 is 12.1 Å². The Balaban J connectivity index is 1.62. The molecule has 0 unspecified atom stereocenters. The van der Waals surface area contributed by atoms with Gasteiger partial charge in [0.2, 0.25) is 0 Å². The minimum Gasteiger partial charge on any atom is -0.492 e. The molecule has 0 saturated carbocycles. The lowest BCUT2D eigenvalue weighted by Crippen LogP contribution is -2.28. The van der Waals surface area contributed by atoms with Crippen LogP contribution in [0.5, 0.6) is 5.75 Å². The zero-order chi connectivity index (χ0) is 17.9. The van der Waals surface area contributed by atoms with Crippen LogP contribution in [0.2, 0.25) is 0 Å². The van der Waals surface area contributed by atoms with Crippen LogP contribution in [0, 0.1) is 0 Å². The van der Waals surface area contributed by atoms with Crippen molar-refractivity contribution in [2.75, 3.05) is 20.3 Å². The Labute approximate surface area is 146 Å². The number of esters is 1. The van der Waals surface area contributed by atoms with Crippen molar-refractivity contribution in [3.8, 4) is 5.75 Å². The Morgan fingerprint density at radius 3 is 2.36 bits per heavy atom. The Kier molecular flexibility index (Phi) is 7.31. The van der Waals surface area contributed by atoms with Gasteiger partial charge in [-0.1, -0.05) is 42.5 Å². The van der Waals surface area contributed by atoms with E-state index < -0.39 is 6.09 Å². The van der Waals surface area contributed by atoms with Crippen LogP contribution in [0.25, 0.3) is 0 Å². The number of rotatable bonds is 8. The standard InChI is InChI=1S/C19H21NO5/c1-23-18(21)13-15-7-9-17(10-8-15)24-12-11-20-19(22)25-14-16-5-3-2-4-6-16/h2-10H,11-14H2,1H3,(H,20,22). The SMILES string of the molecule is COC(=O)Cc1ccc(OCCNC(=O)OCc2ccccc2)cc1. The molecule has 0 fully saturated rings. The minimum absolute atomic E-state index is 0.228. The van der Waals surface area contributed by atoms with Crippen molar-refractivity contribution in [3.05, 3.63) is 65.7 Å². The van der Waals surface area contributed by atoms with Crippen LogP contribution in [0.3, 0.4) is 0 Å². The summed E-state index contributed by atoms with van der Waals surface area (Å²) in [7, 11) is 1.36. The summed E-state index contributed by atoms with van der Waals surface area (Å²) < 4.78 is 15.2. The highest BCUT2D eigenvalue weighted by Crippen LogP contribution is 2.12. The zero-order valence-electron chi connectivity index (χ0n) is 14.1. The second kappa shape index (κ2) is 9.97. The van der Waals surface area contributed by atoms with E-state index in [-0.39, 0.29) is 19.0 Å². The van der Waals surface area contributed by atoms with Crippen molar-refractivity contribution in [2.24, 2.45) is 0 Å². The quantitative estimate of drug-likeness (QED) is 0.589. The molecule has 0 spiro atoms. The van der Waals surface area contributed by atoms with Gasteiger partial charge in [0.05, 0.1) is 20.1 Å². The van der Waals surface area contributed by atoms with Gasteiger partial charge in [0, 0.05) is 0 Å². The molecular weight excluding hydrogens is 322 g/mol. The van der Waals surface area contributed by atoms with Crippen LogP contribution >= 0.6 is 0 Å². The Morgan fingerprint density at radius 2 is 1.68 bits per heavy atom. The van der Waals surface area contributed by atoms with Gasteiger partial charge in [0.1, 0.15) is 19.0 Å². The number of hydrogen-bond acceptors (Lipinski definition) is 5. The normalized spacial score (nSPS) is 9.96. The lowest BCUT2D eigenvalue weighted by Gasteiger charge is -2.09. The predicted octanol–water partition coefficient (Wildman–Crippen LogP) is 2.71. The maximum Gasteiger partial charge on any atom is 0.407 e. The van der Waals surface area contributed by atoms with E-state index in [9.17, 15) is 9.59 Å². The number of carbonyl (C=O) groups excluding carboxylic acids is 2. The van der Waals surface area contributed by atoms with Gasteiger partial charge in [-0.2, -0.15) is 0 Å². The highest BCUT2D eigenvalue weighted by molar-refractivity contribution is 5.72. The van der Waals surface area contributed by atoms with Crippen molar-refractivity contribution in [1.29, 1.82) is 0 Å². The van der Waals surface area contributed by atoms with Gasteiger partial charge in [0.25, 0.3) is 0 Å². The van der Waals surface area contributed by atoms with Crippen molar-refractivity contribution in [1.82, 2.24) is 5.32 Å². The molecule has 2 aromatic carbocycles. The summed E-state index contributed by atoms with van der Waals surface area (Å²) in [5.41, 5.74) is 1.78. The van der Waals surface area contributed by atoms with E-state index in [0.717, 1.165) is 11.1 Å². The van der Waals surface area contributed by atoms with E-state index in [1.165, 1.54) is 7.11 Å². The molecular formula is C19H21NO5. The summed E-state index contributed by atoms with van der Waals surface area (Å²) in [6.45, 7) is 0.878. The molecule has 132 valence electrons. The molecule has 0 atom stereocenters. The fourth-order valence-corrected chi connectivity index (χ4v) is 2.04. The number of nitrogens with one attached hydrogen (secondary N) is 1. The molecule has 0 aromatic heterocycles. The van der Waals surface area contributed by atoms with E-state index in [1.807, 2.05) is 30.3 Å². The molecule has 0 bridgehead atoms. The highest BCUT2D eigenvalue weighted by atomic mass is 16.5. The van der Waals surface area contributed by atoms with Crippen LogP contribution in [-0.2, 0) is 27.3 Å². The van der Waals surface area contributed by atoms with Crippen LogP contribution in [0.1, 0.15) is 11.1 Å². The van der Waals surface area contributed by atoms with E-state index in [0.29, 0.717) is 18.9 Å². The lowest BCUT2D eigenvalue weighted by atomic mass is 10.1. The van der Waals surface area contributed by atoms with Gasteiger partial charge in [-0.25, -0.2) is 4.79 Å². The molecule has 25 heavy (non-hydrogen) atoms. The van der Waals surface area contributed by atoms with Gasteiger partial charge in [-0.15, -0.1) is 0 Å². The average Bonchev–Trinajstić information content (AvgIpc) is 2.65. The number of amides is 1. The smallest absolute Gasteiger partial charge is 0.407 e. The Bertz CT molecular complexity index is 670. The maximum atomic E-state index is 11.6. The summed E-state index contributed by atoms with van der Waals surface area (Å²) in [5.74, 6) is 0.375. The Morgan fingerprint density at radius 1 is 0.960 bits per heavy atom. The van der Waals surface area contributed by atoms with E-state index in [4.69, 9.17) is 9.47 Å². The fourth-order valence-electron chi connectivity index (χ4n) is 2.04. The molecule has 6 nitrogen and oxygen atoms in total. The van der Waals surface area contributed by atoms with Crippen molar-refractivity contribution in [3.63, 3.8) is 0 Å². The van der Waals surface area contributed by atoms with Gasteiger partial charge in [0.15, 0.2) is 0 Å². The first-order chi connectivity index (χ1) is 12.2. The second-order valence-electron chi connectivity index (χ2n) is 5.23. The molecule has 6 heteroatoms. The molecule has 0 aliphatic carbocycles. The average molecular weight is 343 g/mol. The second-order valence-corrected chi connectivity index (χ2v) is 5.23. The number of ether oxygens (including phenoxy) is 3. The molecule has 0 radical (unpaired) electrons. The van der Waals surface area contributed by atoms with Gasteiger partial charge in [-0.3, -0.25) is 4.79 Å². The molecule has 0 saturated heterocycles. The third-order valence-electron chi connectivity index (χ3n) is 3.35. The van der Waals surface area contributed by atoms with E-state index in [1.54, 1.807) is 24.3 Å². The molecule has 2 aromatic rings. The Hall–Kier alpha value is -3.02. The van der Waals surface area contributed by atoms with Gasteiger partial charge >= 0.3 is 12.1 Å². The van der Waals surface area contributed by atoms with Crippen LogP contribution in [0.4, 0.5) is 4.79 Å². The number of alkyl carbamates (subject to hydrolysis) is 1. The summed E-state index contributed by atoms with van der Waals surface area (Å²) in [4.78, 5) is 22.8. The number of hydrogen-bond donors (Lipinski definition) is 1. The zero-order valence-corrected chi connectivity index (χ0v) is 14.1. The predicted molar refractivity (Wildman–Crippen MR) is 92.3 cm³/mol. The highest BCUT2D eigenvalue weighted by Gasteiger charge is 2.04. The molecule has 0 heterocycles. The van der Waals surface area contributed by atoms with Crippen LogP contribution < -0.4 is 10.1 Å². The molecule has 0 aliphatic rings. The third-order valence-corrected chi connectivity index (χ3v) is 3.35. The number of benzene rings is 2. The summed E-state index contributed by atoms with van der Waals surface area (Å²) in [6, 6.07) is 16.6. The topological polar surface area (TPSA) is 73.9 Å². The molecule has 1 amide bonds. The monoisotopic (exact) mass is 343 g/mol. The molecule has 2 rings (SSSR count).